The van der Waals surface area contributed by atoms with Crippen LogP contribution in [0.4, 0.5) is 17.3 Å². The summed E-state index contributed by atoms with van der Waals surface area (Å²) in [4.78, 5) is 11.7. The van der Waals surface area contributed by atoms with E-state index in [9.17, 15) is 0 Å². The van der Waals surface area contributed by atoms with E-state index in [1.807, 2.05) is 6.20 Å². The van der Waals surface area contributed by atoms with Crippen LogP contribution < -0.4 is 20.3 Å². The summed E-state index contributed by atoms with van der Waals surface area (Å²) in [5.41, 5.74) is 4.42. The number of aromatic nitrogens is 2. The van der Waals surface area contributed by atoms with Crippen molar-refractivity contribution in [2.24, 2.45) is 0 Å². The predicted molar refractivity (Wildman–Crippen MR) is 126 cm³/mol. The van der Waals surface area contributed by atoms with Gasteiger partial charge in [0, 0.05) is 48.7 Å². The Morgan fingerprint density at radius 2 is 1.91 bits per heavy atom. The Labute approximate surface area is 188 Å². The molecular weight excluding hydrogens is 402 g/mol. The number of morpholine rings is 1. The smallest absolute Gasteiger partial charge is 0.227 e. The second-order valence-corrected chi connectivity index (χ2v) is 8.92. The van der Waals surface area contributed by atoms with Crippen molar-refractivity contribution in [3.8, 4) is 5.75 Å². The molecule has 0 bridgehead atoms. The highest BCUT2D eigenvalue weighted by Gasteiger charge is 2.29. The van der Waals surface area contributed by atoms with Crippen LogP contribution in [0.3, 0.4) is 0 Å². The molecule has 7 heteroatoms. The van der Waals surface area contributed by atoms with Crippen LogP contribution in [0.2, 0.25) is 0 Å². The van der Waals surface area contributed by atoms with E-state index in [0.717, 1.165) is 68.2 Å². The molecule has 0 spiro atoms. The Morgan fingerprint density at radius 1 is 1.06 bits per heavy atom. The fraction of sp³-hybridized carbons (Fsp3) is 0.440. The van der Waals surface area contributed by atoms with Crippen LogP contribution in [-0.2, 0) is 4.74 Å². The number of fused-ring (bicyclic) bond motifs is 1. The molecule has 2 aliphatic heterocycles. The van der Waals surface area contributed by atoms with Crippen molar-refractivity contribution in [2.75, 3.05) is 49.6 Å². The van der Waals surface area contributed by atoms with Gasteiger partial charge in [0.25, 0.3) is 0 Å². The number of nitrogens with one attached hydrogen (secondary N) is 2. The minimum absolute atomic E-state index is 0.245. The highest BCUT2D eigenvalue weighted by atomic mass is 16.5. The fourth-order valence-corrected chi connectivity index (χ4v) is 4.57. The van der Waals surface area contributed by atoms with Gasteiger partial charge in [-0.05, 0) is 67.6 Å². The molecule has 1 aromatic heterocycles. The van der Waals surface area contributed by atoms with E-state index in [0.29, 0.717) is 11.9 Å². The summed E-state index contributed by atoms with van der Waals surface area (Å²) in [6.45, 7) is 5.39. The Hall–Kier alpha value is -2.90. The summed E-state index contributed by atoms with van der Waals surface area (Å²) in [5, 5.41) is 7.80. The molecule has 3 fully saturated rings. The van der Waals surface area contributed by atoms with E-state index in [4.69, 9.17) is 14.5 Å². The van der Waals surface area contributed by atoms with Gasteiger partial charge < -0.3 is 25.0 Å². The first kappa shape index (κ1) is 19.8. The van der Waals surface area contributed by atoms with Gasteiger partial charge in [0.2, 0.25) is 5.95 Å². The summed E-state index contributed by atoms with van der Waals surface area (Å²) in [6.07, 6.45) is 5.70. The number of benzene rings is 2. The highest BCUT2D eigenvalue weighted by Crippen LogP contribution is 2.46. The summed E-state index contributed by atoms with van der Waals surface area (Å²) in [6, 6.07) is 12.8. The van der Waals surface area contributed by atoms with Crippen LogP contribution in [0.5, 0.6) is 5.75 Å². The predicted octanol–water partition coefficient (Wildman–Crippen LogP) is 3.83. The molecule has 7 nitrogen and oxygen atoms in total. The Morgan fingerprint density at radius 3 is 2.66 bits per heavy atom. The summed E-state index contributed by atoms with van der Waals surface area (Å²) in [5.74, 6) is 2.21. The molecule has 1 atom stereocenters. The molecule has 0 amide bonds. The third kappa shape index (κ3) is 4.23. The lowest BCUT2D eigenvalue weighted by Gasteiger charge is -2.28. The van der Waals surface area contributed by atoms with E-state index in [2.05, 4.69) is 56.9 Å². The van der Waals surface area contributed by atoms with Crippen LogP contribution in [0.25, 0.3) is 10.9 Å². The Kier molecular flexibility index (Phi) is 5.29. The molecule has 2 aromatic carbocycles. The summed E-state index contributed by atoms with van der Waals surface area (Å²) >= 11 is 0. The van der Waals surface area contributed by atoms with Gasteiger partial charge in [-0.15, -0.1) is 0 Å². The number of ether oxygens (including phenoxy) is 2. The highest BCUT2D eigenvalue weighted by molar-refractivity contribution is 5.82. The Bertz CT molecular complexity index is 1090. The van der Waals surface area contributed by atoms with Gasteiger partial charge in [-0.2, -0.15) is 0 Å². The standard InChI is InChI=1S/C25H29N5O2/c1-2-17(1)22-13-18-15-27-25(29-23(18)14-24(22)32-21-7-8-26-16-21)28-19-3-5-20(6-4-19)30-9-11-31-12-10-30/h3-6,13-15,17,21,26H,1-2,7-12,16H2,(H,27,28,29)/t21-/m1/s1. The van der Waals surface area contributed by atoms with Crippen LogP contribution in [0.15, 0.2) is 42.6 Å². The fourth-order valence-electron chi connectivity index (χ4n) is 4.57. The van der Waals surface area contributed by atoms with Crippen molar-refractivity contribution >= 4 is 28.2 Å². The molecular formula is C25H29N5O2. The number of rotatable bonds is 6. The molecule has 2 saturated heterocycles. The maximum absolute atomic E-state index is 6.39. The second-order valence-electron chi connectivity index (χ2n) is 8.92. The lowest BCUT2D eigenvalue weighted by atomic mass is 10.1. The largest absolute Gasteiger partial charge is 0.489 e. The van der Waals surface area contributed by atoms with Gasteiger partial charge in [-0.3, -0.25) is 0 Å². The Balaban J connectivity index is 1.23. The number of nitrogens with zero attached hydrogens (tertiary/aromatic N) is 3. The first-order valence-corrected chi connectivity index (χ1v) is 11.7. The monoisotopic (exact) mass is 431 g/mol. The zero-order chi connectivity index (χ0) is 21.3. The molecule has 1 aliphatic carbocycles. The van der Waals surface area contributed by atoms with Crippen molar-refractivity contribution in [3.63, 3.8) is 0 Å². The maximum atomic E-state index is 6.39. The van der Waals surface area contributed by atoms with Gasteiger partial charge in [-0.25, -0.2) is 9.97 Å². The van der Waals surface area contributed by atoms with Crippen molar-refractivity contribution < 1.29 is 9.47 Å². The van der Waals surface area contributed by atoms with Crippen LogP contribution in [-0.4, -0.2) is 55.5 Å². The third-order valence-electron chi connectivity index (χ3n) is 6.54. The molecule has 6 rings (SSSR count). The number of anilines is 3. The SMILES string of the molecule is c1cc(N2CCOCC2)ccc1Nc1ncc2cc(C3CC3)c(O[C@@H]3CCNC3)cc2n1. The van der Waals surface area contributed by atoms with Crippen LogP contribution in [0.1, 0.15) is 30.7 Å². The molecule has 1 saturated carbocycles. The summed E-state index contributed by atoms with van der Waals surface area (Å²) < 4.78 is 11.8. The van der Waals surface area contributed by atoms with Gasteiger partial charge in [0.15, 0.2) is 0 Å². The summed E-state index contributed by atoms with van der Waals surface area (Å²) in [7, 11) is 0. The number of hydrogen-bond donors (Lipinski definition) is 2. The second kappa shape index (κ2) is 8.56. The molecule has 32 heavy (non-hydrogen) atoms. The minimum Gasteiger partial charge on any atom is -0.489 e. The zero-order valence-electron chi connectivity index (χ0n) is 18.2. The maximum Gasteiger partial charge on any atom is 0.227 e. The van der Waals surface area contributed by atoms with Gasteiger partial charge >= 0.3 is 0 Å². The first-order valence-electron chi connectivity index (χ1n) is 11.7. The normalized spacial score (nSPS) is 21.1. The minimum atomic E-state index is 0.245. The van der Waals surface area contributed by atoms with E-state index in [1.54, 1.807) is 0 Å². The quantitative estimate of drug-likeness (QED) is 0.615. The third-order valence-corrected chi connectivity index (χ3v) is 6.54. The first-order chi connectivity index (χ1) is 15.8. The lowest BCUT2D eigenvalue weighted by molar-refractivity contribution is 0.122. The molecule has 3 aromatic rings. The number of hydrogen-bond acceptors (Lipinski definition) is 7. The van der Waals surface area contributed by atoms with E-state index >= 15 is 0 Å². The molecule has 0 unspecified atom stereocenters. The topological polar surface area (TPSA) is 71.5 Å². The van der Waals surface area contributed by atoms with Crippen molar-refractivity contribution in [2.45, 2.75) is 31.3 Å². The average molecular weight is 432 g/mol. The van der Waals surface area contributed by atoms with Gasteiger partial charge in [0.05, 0.1) is 18.7 Å². The average Bonchev–Trinajstić information content (AvgIpc) is 3.55. The van der Waals surface area contributed by atoms with Crippen LogP contribution >= 0.6 is 0 Å². The lowest BCUT2D eigenvalue weighted by Crippen LogP contribution is -2.36. The molecule has 3 aliphatic rings. The van der Waals surface area contributed by atoms with E-state index in [-0.39, 0.29) is 6.10 Å². The van der Waals surface area contributed by atoms with Crippen LogP contribution in [0, 0.1) is 0 Å². The van der Waals surface area contributed by atoms with Gasteiger partial charge in [-0.1, -0.05) is 0 Å². The van der Waals surface area contributed by atoms with E-state index < -0.39 is 0 Å². The van der Waals surface area contributed by atoms with Crippen molar-refractivity contribution in [1.29, 1.82) is 0 Å². The van der Waals surface area contributed by atoms with E-state index in [1.165, 1.54) is 24.1 Å². The van der Waals surface area contributed by atoms with Crippen molar-refractivity contribution in [3.05, 3.63) is 48.2 Å². The molecule has 3 heterocycles. The molecule has 2 N–H and O–H groups in total. The molecule has 166 valence electrons. The molecule has 0 radical (unpaired) electrons. The van der Waals surface area contributed by atoms with Crippen molar-refractivity contribution in [1.82, 2.24) is 15.3 Å². The zero-order valence-corrected chi connectivity index (χ0v) is 18.2. The van der Waals surface area contributed by atoms with Gasteiger partial charge in [0.1, 0.15) is 11.9 Å².